The lowest BCUT2D eigenvalue weighted by Crippen LogP contribution is -2.11. The number of esters is 1. The highest BCUT2D eigenvalue weighted by atomic mass is 16.5. The number of carbonyl (C=O) groups is 2. The number of ketones is 1. The number of methoxy groups -OCH3 is 3. The van der Waals surface area contributed by atoms with Crippen LogP contribution in [0.25, 0.3) is 0 Å². The quantitative estimate of drug-likeness (QED) is 0.590. The topological polar surface area (TPSA) is 61.8 Å². The van der Waals surface area contributed by atoms with Crippen LogP contribution in [-0.4, -0.2) is 33.1 Å². The summed E-state index contributed by atoms with van der Waals surface area (Å²) < 4.78 is 14.7. The van der Waals surface area contributed by atoms with E-state index < -0.39 is 5.97 Å². The normalized spacial score (nSPS) is 9.65. The molecule has 0 fully saturated rings. The van der Waals surface area contributed by atoms with Gasteiger partial charge in [0.15, 0.2) is 5.78 Å². The summed E-state index contributed by atoms with van der Waals surface area (Å²) in [6.07, 6.45) is 0. The van der Waals surface area contributed by atoms with Crippen molar-refractivity contribution in [1.82, 2.24) is 0 Å². The van der Waals surface area contributed by atoms with E-state index in [1.165, 1.54) is 40.4 Å². The summed E-state index contributed by atoms with van der Waals surface area (Å²) in [7, 11) is 4.12. The maximum Gasteiger partial charge on any atom is 0.342 e. The van der Waals surface area contributed by atoms with Crippen LogP contribution in [0.3, 0.4) is 0 Å². The smallest absolute Gasteiger partial charge is 0.342 e. The molecule has 0 spiro atoms. The zero-order chi connectivity index (χ0) is 13.0. The molecule has 5 nitrogen and oxygen atoms in total. The maximum absolute atomic E-state index is 11.6. The molecule has 92 valence electrons. The van der Waals surface area contributed by atoms with Crippen LogP contribution < -0.4 is 9.47 Å². The molecule has 0 saturated carbocycles. The molecule has 0 saturated heterocycles. The van der Waals surface area contributed by atoms with Crippen molar-refractivity contribution in [2.75, 3.05) is 21.3 Å². The maximum atomic E-state index is 11.6. The van der Waals surface area contributed by atoms with Gasteiger partial charge in [0.25, 0.3) is 0 Å². The molecule has 0 aliphatic carbocycles. The number of Topliss-reactive ketones (excluding diaryl/α,β-unsaturated/α-hetero) is 1. The second-order valence-corrected chi connectivity index (χ2v) is 3.30. The molecule has 0 aliphatic rings. The van der Waals surface area contributed by atoms with Gasteiger partial charge in [0.1, 0.15) is 17.1 Å². The highest BCUT2D eigenvalue weighted by molar-refractivity contribution is 6.07. The number of rotatable bonds is 4. The molecule has 0 N–H and O–H groups in total. The third kappa shape index (κ3) is 2.55. The highest BCUT2D eigenvalue weighted by Gasteiger charge is 2.22. The Morgan fingerprint density at radius 3 is 2.12 bits per heavy atom. The summed E-state index contributed by atoms with van der Waals surface area (Å²) >= 11 is 0. The first-order valence-corrected chi connectivity index (χ1v) is 4.90. The first kappa shape index (κ1) is 13.0. The molecule has 1 aromatic carbocycles. The van der Waals surface area contributed by atoms with Gasteiger partial charge in [-0.15, -0.1) is 0 Å². The van der Waals surface area contributed by atoms with Crippen LogP contribution in [-0.2, 0) is 4.74 Å². The summed E-state index contributed by atoms with van der Waals surface area (Å²) in [6.45, 7) is 1.36. The van der Waals surface area contributed by atoms with E-state index in [1.807, 2.05) is 0 Å². The molecule has 0 atom stereocenters. The lowest BCUT2D eigenvalue weighted by molar-refractivity contribution is 0.0593. The van der Waals surface area contributed by atoms with Crippen molar-refractivity contribution in [2.45, 2.75) is 6.92 Å². The van der Waals surface area contributed by atoms with Gasteiger partial charge in [0.2, 0.25) is 0 Å². The Balaban J connectivity index is 3.52. The zero-order valence-corrected chi connectivity index (χ0v) is 10.2. The average Bonchev–Trinajstić information content (AvgIpc) is 2.35. The molecule has 0 amide bonds. The molecular formula is C12H14O5. The van der Waals surface area contributed by atoms with E-state index in [-0.39, 0.29) is 22.7 Å². The van der Waals surface area contributed by atoms with Crippen LogP contribution >= 0.6 is 0 Å². The second-order valence-electron chi connectivity index (χ2n) is 3.30. The SMILES string of the molecule is COC(=O)c1c(OC)cc(OC)cc1C(C)=O. The first-order valence-electron chi connectivity index (χ1n) is 4.90. The van der Waals surface area contributed by atoms with E-state index in [0.29, 0.717) is 5.75 Å². The minimum atomic E-state index is -0.616. The van der Waals surface area contributed by atoms with Crippen molar-refractivity contribution in [3.8, 4) is 11.5 Å². The fourth-order valence-electron chi connectivity index (χ4n) is 1.46. The largest absolute Gasteiger partial charge is 0.497 e. The van der Waals surface area contributed by atoms with Crippen LogP contribution in [0.15, 0.2) is 12.1 Å². The molecular weight excluding hydrogens is 224 g/mol. The minimum Gasteiger partial charge on any atom is -0.497 e. The molecule has 1 aromatic rings. The summed E-state index contributed by atoms with van der Waals surface area (Å²) in [6, 6.07) is 3.01. The Kier molecular flexibility index (Phi) is 4.09. The van der Waals surface area contributed by atoms with E-state index in [0.717, 1.165) is 0 Å². The number of hydrogen-bond donors (Lipinski definition) is 0. The van der Waals surface area contributed by atoms with E-state index >= 15 is 0 Å². The van der Waals surface area contributed by atoms with Crippen molar-refractivity contribution in [1.29, 1.82) is 0 Å². The summed E-state index contributed by atoms with van der Waals surface area (Å²) in [5.74, 6) is -0.182. The Bertz CT molecular complexity index is 450. The van der Waals surface area contributed by atoms with Crippen molar-refractivity contribution in [3.63, 3.8) is 0 Å². The molecule has 0 aromatic heterocycles. The summed E-state index contributed by atoms with van der Waals surface area (Å²) in [5.41, 5.74) is 0.330. The predicted molar refractivity (Wildman–Crippen MR) is 60.9 cm³/mol. The van der Waals surface area contributed by atoms with E-state index in [1.54, 1.807) is 0 Å². The molecule has 0 bridgehead atoms. The summed E-state index contributed by atoms with van der Waals surface area (Å²) in [5, 5.41) is 0. The number of ether oxygens (including phenoxy) is 3. The fraction of sp³-hybridized carbons (Fsp3) is 0.333. The Hall–Kier alpha value is -2.04. The van der Waals surface area contributed by atoms with Gasteiger partial charge in [-0.05, 0) is 13.0 Å². The van der Waals surface area contributed by atoms with Gasteiger partial charge in [-0.25, -0.2) is 4.79 Å². The third-order valence-corrected chi connectivity index (χ3v) is 2.30. The lowest BCUT2D eigenvalue weighted by atomic mass is 10.0. The van der Waals surface area contributed by atoms with Crippen LogP contribution in [0.2, 0.25) is 0 Å². The van der Waals surface area contributed by atoms with Crippen molar-refractivity contribution < 1.29 is 23.8 Å². The molecule has 1 rings (SSSR count). The highest BCUT2D eigenvalue weighted by Crippen LogP contribution is 2.29. The van der Waals surface area contributed by atoms with Crippen LogP contribution in [0, 0.1) is 0 Å². The molecule has 17 heavy (non-hydrogen) atoms. The van der Waals surface area contributed by atoms with Crippen LogP contribution in [0.4, 0.5) is 0 Å². The van der Waals surface area contributed by atoms with Gasteiger partial charge in [-0.2, -0.15) is 0 Å². The Morgan fingerprint density at radius 2 is 1.71 bits per heavy atom. The van der Waals surface area contributed by atoms with Crippen molar-refractivity contribution >= 4 is 11.8 Å². The number of carbonyl (C=O) groups excluding carboxylic acids is 2. The number of benzene rings is 1. The average molecular weight is 238 g/mol. The van der Waals surface area contributed by atoms with Crippen LogP contribution in [0.1, 0.15) is 27.6 Å². The minimum absolute atomic E-state index is 0.114. The van der Waals surface area contributed by atoms with Crippen molar-refractivity contribution in [3.05, 3.63) is 23.3 Å². The lowest BCUT2D eigenvalue weighted by Gasteiger charge is -2.12. The third-order valence-electron chi connectivity index (χ3n) is 2.30. The second kappa shape index (κ2) is 5.34. The van der Waals surface area contributed by atoms with Gasteiger partial charge in [0, 0.05) is 11.6 Å². The Morgan fingerprint density at radius 1 is 1.06 bits per heavy atom. The van der Waals surface area contributed by atoms with Gasteiger partial charge >= 0.3 is 5.97 Å². The van der Waals surface area contributed by atoms with E-state index in [2.05, 4.69) is 4.74 Å². The van der Waals surface area contributed by atoms with E-state index in [4.69, 9.17) is 9.47 Å². The predicted octanol–water partition coefficient (Wildman–Crippen LogP) is 1.69. The molecule has 0 unspecified atom stereocenters. The molecule has 0 radical (unpaired) electrons. The van der Waals surface area contributed by atoms with Gasteiger partial charge in [-0.3, -0.25) is 4.79 Å². The van der Waals surface area contributed by atoms with Gasteiger partial charge in [-0.1, -0.05) is 0 Å². The number of hydrogen-bond acceptors (Lipinski definition) is 5. The molecule has 0 aliphatic heterocycles. The molecule has 5 heteroatoms. The van der Waals surface area contributed by atoms with Crippen molar-refractivity contribution in [2.24, 2.45) is 0 Å². The van der Waals surface area contributed by atoms with Gasteiger partial charge in [0.05, 0.1) is 21.3 Å². The zero-order valence-electron chi connectivity index (χ0n) is 10.2. The Labute approximate surface area is 99.3 Å². The van der Waals surface area contributed by atoms with Gasteiger partial charge < -0.3 is 14.2 Å². The van der Waals surface area contributed by atoms with E-state index in [9.17, 15) is 9.59 Å². The summed E-state index contributed by atoms with van der Waals surface area (Å²) in [4.78, 5) is 23.1. The molecule has 0 heterocycles. The fourth-order valence-corrected chi connectivity index (χ4v) is 1.46. The monoisotopic (exact) mass is 238 g/mol. The van der Waals surface area contributed by atoms with Crippen LogP contribution in [0.5, 0.6) is 11.5 Å². The first-order chi connectivity index (χ1) is 8.04. The standard InChI is InChI=1S/C12H14O5/c1-7(13)9-5-8(15-2)6-10(16-3)11(9)12(14)17-4/h5-6H,1-4H3.